The lowest BCUT2D eigenvalue weighted by Crippen LogP contribution is -2.40. The van der Waals surface area contributed by atoms with Gasteiger partial charge in [0.2, 0.25) is 5.91 Å². The highest BCUT2D eigenvalue weighted by atomic mass is 16.2. The number of carbonyl (C=O) groups excluding carboxylic acids is 1. The predicted octanol–water partition coefficient (Wildman–Crippen LogP) is 2.98. The minimum absolute atomic E-state index is 0.0843. The summed E-state index contributed by atoms with van der Waals surface area (Å²) in [5.74, 6) is 0.0843. The molecule has 0 saturated carbocycles. The fraction of sp³-hybridized carbons (Fsp3) is 0.500. The molecule has 4 heteroatoms. The molecule has 2 N–H and O–H groups in total. The molecular weight excluding hydrogens is 274 g/mol. The van der Waals surface area contributed by atoms with Crippen molar-refractivity contribution in [2.75, 3.05) is 13.1 Å². The van der Waals surface area contributed by atoms with Crippen LogP contribution in [0.25, 0.3) is 0 Å². The van der Waals surface area contributed by atoms with E-state index in [1.807, 2.05) is 6.07 Å². The van der Waals surface area contributed by atoms with Gasteiger partial charge in [0, 0.05) is 38.2 Å². The maximum atomic E-state index is 11.7. The molecule has 1 aliphatic rings. The number of hydrogen-bond acceptors (Lipinski definition) is 3. The molecule has 0 spiro atoms. The Balaban J connectivity index is 1.67. The fourth-order valence-corrected chi connectivity index (χ4v) is 2.56. The molecule has 1 aliphatic heterocycles. The van der Waals surface area contributed by atoms with Crippen molar-refractivity contribution >= 4 is 5.91 Å². The summed E-state index contributed by atoms with van der Waals surface area (Å²) < 4.78 is 0. The lowest BCUT2D eigenvalue weighted by Gasteiger charge is -2.26. The molecule has 1 aromatic rings. The molecule has 0 radical (unpaired) electrons. The van der Waals surface area contributed by atoms with Crippen LogP contribution in [0.3, 0.4) is 0 Å². The molecular formula is C18H27N3O. The summed E-state index contributed by atoms with van der Waals surface area (Å²) >= 11 is 0. The van der Waals surface area contributed by atoms with Crippen LogP contribution in [-0.4, -0.2) is 23.9 Å². The Hall–Kier alpha value is -1.81. The molecule has 4 nitrogen and oxygen atoms in total. The summed E-state index contributed by atoms with van der Waals surface area (Å²) in [6.07, 6.45) is 6.94. The van der Waals surface area contributed by atoms with E-state index in [4.69, 9.17) is 0 Å². The Kier molecular flexibility index (Phi) is 6.97. The molecule has 0 aliphatic carbocycles. The van der Waals surface area contributed by atoms with Gasteiger partial charge >= 0.3 is 0 Å². The lowest BCUT2D eigenvalue weighted by molar-refractivity contribution is -0.122. The van der Waals surface area contributed by atoms with Gasteiger partial charge in [-0.1, -0.05) is 50.1 Å². The van der Waals surface area contributed by atoms with Gasteiger partial charge in [-0.15, -0.1) is 0 Å². The Labute approximate surface area is 133 Å². The average molecular weight is 301 g/mol. The summed E-state index contributed by atoms with van der Waals surface area (Å²) in [6, 6.07) is 10.5. The van der Waals surface area contributed by atoms with Crippen molar-refractivity contribution in [1.82, 2.24) is 15.8 Å². The van der Waals surface area contributed by atoms with Gasteiger partial charge in [-0.3, -0.25) is 15.1 Å². The Bertz CT molecular complexity index is 484. The third kappa shape index (κ3) is 5.90. The van der Waals surface area contributed by atoms with E-state index in [0.717, 1.165) is 51.0 Å². The van der Waals surface area contributed by atoms with Crippen molar-refractivity contribution in [1.29, 1.82) is 0 Å². The third-order valence-corrected chi connectivity index (χ3v) is 3.91. The summed E-state index contributed by atoms with van der Waals surface area (Å²) in [4.78, 5) is 14.1. The molecule has 0 unspecified atom stereocenters. The van der Waals surface area contributed by atoms with Crippen LogP contribution in [0.5, 0.6) is 0 Å². The van der Waals surface area contributed by atoms with Crippen LogP contribution >= 0.6 is 0 Å². The molecule has 0 atom stereocenters. The van der Waals surface area contributed by atoms with Crippen molar-refractivity contribution in [3.8, 4) is 0 Å². The maximum Gasteiger partial charge on any atom is 0.238 e. The first-order valence-corrected chi connectivity index (χ1v) is 8.28. The van der Waals surface area contributed by atoms with Crippen molar-refractivity contribution < 1.29 is 4.79 Å². The molecule has 120 valence electrons. The van der Waals surface area contributed by atoms with Gasteiger partial charge in [-0.05, 0) is 18.1 Å². The fourth-order valence-electron chi connectivity index (χ4n) is 2.56. The summed E-state index contributed by atoms with van der Waals surface area (Å²) in [5, 5.41) is 0. The van der Waals surface area contributed by atoms with E-state index >= 15 is 0 Å². The van der Waals surface area contributed by atoms with E-state index in [-0.39, 0.29) is 5.91 Å². The number of nitrogens with one attached hydrogen (secondary N) is 2. The Morgan fingerprint density at radius 3 is 2.73 bits per heavy atom. The topological polar surface area (TPSA) is 44.4 Å². The Morgan fingerprint density at radius 1 is 1.23 bits per heavy atom. The Morgan fingerprint density at radius 2 is 2.05 bits per heavy atom. The average Bonchev–Trinajstić information content (AvgIpc) is 2.55. The van der Waals surface area contributed by atoms with Crippen molar-refractivity contribution in [2.45, 2.75) is 45.6 Å². The van der Waals surface area contributed by atoms with E-state index in [9.17, 15) is 4.79 Å². The van der Waals surface area contributed by atoms with Gasteiger partial charge in [-0.25, -0.2) is 0 Å². The molecule has 0 bridgehead atoms. The molecule has 22 heavy (non-hydrogen) atoms. The molecule has 0 aromatic heterocycles. The highest BCUT2D eigenvalue weighted by Gasteiger charge is 2.12. The number of unbranched alkanes of at least 4 members (excludes halogenated alkanes) is 2. The smallest absolute Gasteiger partial charge is 0.238 e. The van der Waals surface area contributed by atoms with Crippen LogP contribution in [0, 0.1) is 0 Å². The predicted molar refractivity (Wildman–Crippen MR) is 89.8 cm³/mol. The maximum absolute atomic E-state index is 11.7. The number of nitrogens with zero attached hydrogens (tertiary/aromatic N) is 1. The second kappa shape index (κ2) is 9.26. The molecule has 1 heterocycles. The van der Waals surface area contributed by atoms with Crippen LogP contribution < -0.4 is 10.9 Å². The van der Waals surface area contributed by atoms with Gasteiger partial charge < -0.3 is 5.43 Å². The van der Waals surface area contributed by atoms with Gasteiger partial charge in [0.15, 0.2) is 0 Å². The molecule has 1 amide bonds. The molecule has 1 aromatic carbocycles. The normalized spacial score (nSPS) is 15.2. The van der Waals surface area contributed by atoms with Gasteiger partial charge in [0.1, 0.15) is 0 Å². The number of hydrazine groups is 1. The lowest BCUT2D eigenvalue weighted by atomic mass is 10.1. The zero-order valence-electron chi connectivity index (χ0n) is 13.5. The highest BCUT2D eigenvalue weighted by molar-refractivity contribution is 5.75. The van der Waals surface area contributed by atoms with Crippen LogP contribution in [0.15, 0.2) is 42.1 Å². The third-order valence-electron chi connectivity index (χ3n) is 3.91. The standard InChI is InChI=1S/C18H27N3O/c1-2-3-5-10-18(22)20-19-17-11-13-21(14-12-17)15-16-8-6-4-7-9-16/h4,6-9,11,19H,2-3,5,10,12-15H2,1H3,(H,20,22). The summed E-state index contributed by atoms with van der Waals surface area (Å²) in [7, 11) is 0. The van der Waals surface area contributed by atoms with E-state index in [2.05, 4.69) is 53.0 Å². The van der Waals surface area contributed by atoms with E-state index < -0.39 is 0 Å². The van der Waals surface area contributed by atoms with Crippen LogP contribution in [0.4, 0.5) is 0 Å². The van der Waals surface area contributed by atoms with Crippen LogP contribution in [-0.2, 0) is 11.3 Å². The zero-order chi connectivity index (χ0) is 15.6. The number of hydrogen-bond donors (Lipinski definition) is 2. The second-order valence-electron chi connectivity index (χ2n) is 5.83. The van der Waals surface area contributed by atoms with Crippen LogP contribution in [0.1, 0.15) is 44.6 Å². The quantitative estimate of drug-likeness (QED) is 0.573. The number of carbonyl (C=O) groups is 1. The monoisotopic (exact) mass is 301 g/mol. The SMILES string of the molecule is CCCCCC(=O)NNC1=CCN(Cc2ccccc2)CC1. The first-order valence-electron chi connectivity index (χ1n) is 8.28. The summed E-state index contributed by atoms with van der Waals surface area (Å²) in [6.45, 7) is 5.06. The van der Waals surface area contributed by atoms with Gasteiger partial charge in [0.05, 0.1) is 0 Å². The summed E-state index contributed by atoms with van der Waals surface area (Å²) in [5.41, 5.74) is 8.33. The minimum atomic E-state index is 0.0843. The van der Waals surface area contributed by atoms with Crippen molar-refractivity contribution in [2.24, 2.45) is 0 Å². The molecule has 2 rings (SSSR count). The van der Waals surface area contributed by atoms with E-state index in [0.29, 0.717) is 6.42 Å². The van der Waals surface area contributed by atoms with Gasteiger partial charge in [0.25, 0.3) is 0 Å². The largest absolute Gasteiger partial charge is 0.303 e. The van der Waals surface area contributed by atoms with Crippen LogP contribution in [0.2, 0.25) is 0 Å². The van der Waals surface area contributed by atoms with Crippen molar-refractivity contribution in [3.63, 3.8) is 0 Å². The first-order chi connectivity index (χ1) is 10.8. The number of rotatable bonds is 8. The highest BCUT2D eigenvalue weighted by Crippen LogP contribution is 2.11. The molecule has 0 saturated heterocycles. The first kappa shape index (κ1) is 16.6. The van der Waals surface area contributed by atoms with Gasteiger partial charge in [-0.2, -0.15) is 0 Å². The minimum Gasteiger partial charge on any atom is -0.303 e. The van der Waals surface area contributed by atoms with E-state index in [1.54, 1.807) is 0 Å². The zero-order valence-corrected chi connectivity index (χ0v) is 13.5. The second-order valence-corrected chi connectivity index (χ2v) is 5.83. The molecule has 0 fully saturated rings. The number of amides is 1. The number of benzene rings is 1. The van der Waals surface area contributed by atoms with E-state index in [1.165, 1.54) is 5.56 Å². The van der Waals surface area contributed by atoms with Crippen molar-refractivity contribution in [3.05, 3.63) is 47.7 Å².